The Morgan fingerprint density at radius 3 is 2.75 bits per heavy atom. The fourth-order valence-corrected chi connectivity index (χ4v) is 2.97. The standard InChI is InChI=1S/C16H25FN2O/c1-12(2)15-10-16(11-18,8-9-20-15)19(3)14-7-5-4-6-13(14)17/h4-7,12,15H,8-11,18H2,1-3H3. The molecule has 1 fully saturated rings. The van der Waals surface area contributed by atoms with Crippen molar-refractivity contribution in [3.63, 3.8) is 0 Å². The summed E-state index contributed by atoms with van der Waals surface area (Å²) in [5.41, 5.74) is 6.46. The number of likely N-dealkylation sites (N-methyl/N-ethyl adjacent to an activating group) is 1. The van der Waals surface area contributed by atoms with Gasteiger partial charge < -0.3 is 15.4 Å². The fourth-order valence-electron chi connectivity index (χ4n) is 2.97. The van der Waals surface area contributed by atoms with Gasteiger partial charge in [0.15, 0.2) is 0 Å². The largest absolute Gasteiger partial charge is 0.378 e. The maximum absolute atomic E-state index is 14.0. The van der Waals surface area contributed by atoms with Crippen LogP contribution in [0.25, 0.3) is 0 Å². The van der Waals surface area contributed by atoms with E-state index < -0.39 is 0 Å². The van der Waals surface area contributed by atoms with E-state index >= 15 is 0 Å². The number of halogens is 1. The Hall–Kier alpha value is -1.13. The van der Waals surface area contributed by atoms with Crippen LogP contribution in [0.5, 0.6) is 0 Å². The zero-order chi connectivity index (χ0) is 14.8. The van der Waals surface area contributed by atoms with Gasteiger partial charge in [-0.1, -0.05) is 26.0 Å². The van der Waals surface area contributed by atoms with Crippen LogP contribution in [0.4, 0.5) is 10.1 Å². The van der Waals surface area contributed by atoms with E-state index in [1.54, 1.807) is 6.07 Å². The van der Waals surface area contributed by atoms with Crippen LogP contribution in [-0.2, 0) is 4.74 Å². The van der Waals surface area contributed by atoms with Gasteiger partial charge in [-0.2, -0.15) is 0 Å². The number of para-hydroxylation sites is 1. The molecule has 2 atom stereocenters. The van der Waals surface area contributed by atoms with Gasteiger partial charge in [0.25, 0.3) is 0 Å². The lowest BCUT2D eigenvalue weighted by Gasteiger charge is -2.48. The van der Waals surface area contributed by atoms with Crippen LogP contribution in [0.2, 0.25) is 0 Å². The Kier molecular flexibility index (Phi) is 4.66. The molecule has 1 saturated heterocycles. The molecule has 1 aromatic carbocycles. The zero-order valence-corrected chi connectivity index (χ0v) is 12.6. The number of hydrogen-bond donors (Lipinski definition) is 1. The minimum Gasteiger partial charge on any atom is -0.378 e. The summed E-state index contributed by atoms with van der Waals surface area (Å²) in [4.78, 5) is 2.01. The Bertz CT molecular complexity index is 452. The van der Waals surface area contributed by atoms with Gasteiger partial charge in [0.2, 0.25) is 0 Å². The highest BCUT2D eigenvalue weighted by molar-refractivity contribution is 5.50. The third kappa shape index (κ3) is 2.81. The van der Waals surface area contributed by atoms with Crippen LogP contribution in [-0.4, -0.2) is 31.8 Å². The minimum absolute atomic E-state index is 0.182. The van der Waals surface area contributed by atoms with Crippen molar-refractivity contribution in [2.45, 2.75) is 38.3 Å². The highest BCUT2D eigenvalue weighted by atomic mass is 19.1. The summed E-state index contributed by atoms with van der Waals surface area (Å²) in [6.45, 7) is 5.49. The number of hydrogen-bond acceptors (Lipinski definition) is 3. The molecule has 20 heavy (non-hydrogen) atoms. The van der Waals surface area contributed by atoms with Gasteiger partial charge in [-0.15, -0.1) is 0 Å². The first-order valence-electron chi connectivity index (χ1n) is 7.30. The smallest absolute Gasteiger partial charge is 0.146 e. The summed E-state index contributed by atoms with van der Waals surface area (Å²) in [6.07, 6.45) is 1.85. The second-order valence-electron chi connectivity index (χ2n) is 6.05. The molecule has 0 saturated carbocycles. The highest BCUT2D eigenvalue weighted by Gasteiger charge is 2.41. The van der Waals surface area contributed by atoms with Gasteiger partial charge in [0, 0.05) is 20.2 Å². The Balaban J connectivity index is 2.28. The van der Waals surface area contributed by atoms with E-state index in [4.69, 9.17) is 10.5 Å². The number of rotatable bonds is 4. The molecule has 1 aliphatic rings. The Labute approximate surface area is 120 Å². The van der Waals surface area contributed by atoms with E-state index in [9.17, 15) is 4.39 Å². The summed E-state index contributed by atoms with van der Waals surface area (Å²) in [5.74, 6) is 0.241. The predicted molar refractivity (Wildman–Crippen MR) is 80.4 cm³/mol. The van der Waals surface area contributed by atoms with E-state index in [1.165, 1.54) is 6.07 Å². The lowest BCUT2D eigenvalue weighted by molar-refractivity contribution is -0.0413. The summed E-state index contributed by atoms with van der Waals surface area (Å²) in [6, 6.07) is 6.88. The van der Waals surface area contributed by atoms with E-state index in [0.717, 1.165) is 12.8 Å². The number of benzene rings is 1. The van der Waals surface area contributed by atoms with Crippen molar-refractivity contribution >= 4 is 5.69 Å². The molecule has 1 aromatic rings. The molecular formula is C16H25FN2O. The molecule has 0 spiro atoms. The fraction of sp³-hybridized carbons (Fsp3) is 0.625. The molecular weight excluding hydrogens is 255 g/mol. The second kappa shape index (κ2) is 6.10. The van der Waals surface area contributed by atoms with Crippen LogP contribution >= 0.6 is 0 Å². The summed E-state index contributed by atoms with van der Waals surface area (Å²) in [5, 5.41) is 0. The first-order valence-corrected chi connectivity index (χ1v) is 7.30. The van der Waals surface area contributed by atoms with Crippen molar-refractivity contribution in [1.29, 1.82) is 0 Å². The van der Waals surface area contributed by atoms with E-state index in [1.807, 2.05) is 24.1 Å². The number of ether oxygens (including phenoxy) is 1. The maximum Gasteiger partial charge on any atom is 0.146 e. The highest BCUT2D eigenvalue weighted by Crippen LogP contribution is 2.35. The van der Waals surface area contributed by atoms with Gasteiger partial charge in [-0.05, 0) is 30.9 Å². The van der Waals surface area contributed by atoms with Crippen LogP contribution in [0.1, 0.15) is 26.7 Å². The van der Waals surface area contributed by atoms with Gasteiger partial charge in [-0.3, -0.25) is 0 Å². The molecule has 2 N–H and O–H groups in total. The van der Waals surface area contributed by atoms with E-state index in [-0.39, 0.29) is 17.5 Å². The van der Waals surface area contributed by atoms with Crippen molar-refractivity contribution in [2.75, 3.05) is 25.1 Å². The molecule has 3 nitrogen and oxygen atoms in total. The van der Waals surface area contributed by atoms with Gasteiger partial charge >= 0.3 is 0 Å². The molecule has 0 bridgehead atoms. The normalized spacial score (nSPS) is 26.8. The lowest BCUT2D eigenvalue weighted by atomic mass is 9.81. The van der Waals surface area contributed by atoms with Crippen molar-refractivity contribution in [1.82, 2.24) is 0 Å². The Morgan fingerprint density at radius 1 is 1.45 bits per heavy atom. The van der Waals surface area contributed by atoms with Crippen LogP contribution in [0.3, 0.4) is 0 Å². The van der Waals surface area contributed by atoms with Crippen molar-refractivity contribution in [2.24, 2.45) is 11.7 Å². The number of anilines is 1. The van der Waals surface area contributed by atoms with Crippen LogP contribution in [0, 0.1) is 11.7 Å². The van der Waals surface area contributed by atoms with Gasteiger partial charge in [0.05, 0.1) is 17.3 Å². The van der Waals surface area contributed by atoms with Crippen molar-refractivity contribution < 1.29 is 9.13 Å². The first kappa shape index (κ1) is 15.3. The quantitative estimate of drug-likeness (QED) is 0.921. The second-order valence-corrected chi connectivity index (χ2v) is 6.05. The molecule has 1 heterocycles. The SMILES string of the molecule is CC(C)C1CC(CN)(N(C)c2ccccc2F)CCO1. The topological polar surface area (TPSA) is 38.5 Å². The molecule has 1 aliphatic heterocycles. The van der Waals surface area contributed by atoms with Gasteiger partial charge in [-0.25, -0.2) is 4.39 Å². The molecule has 0 aliphatic carbocycles. The molecule has 2 unspecified atom stereocenters. The molecule has 0 aromatic heterocycles. The van der Waals surface area contributed by atoms with Gasteiger partial charge in [0.1, 0.15) is 5.82 Å². The number of nitrogens with two attached hydrogens (primary N) is 1. The summed E-state index contributed by atoms with van der Waals surface area (Å²) in [7, 11) is 1.94. The molecule has 4 heteroatoms. The number of nitrogens with zero attached hydrogens (tertiary/aromatic N) is 1. The van der Waals surface area contributed by atoms with Crippen LogP contribution < -0.4 is 10.6 Å². The van der Waals surface area contributed by atoms with E-state index in [2.05, 4.69) is 13.8 Å². The molecule has 0 amide bonds. The molecule has 0 radical (unpaired) electrons. The third-order valence-electron chi connectivity index (χ3n) is 4.53. The molecule has 112 valence electrons. The van der Waals surface area contributed by atoms with Crippen molar-refractivity contribution in [3.8, 4) is 0 Å². The van der Waals surface area contributed by atoms with Crippen molar-refractivity contribution in [3.05, 3.63) is 30.1 Å². The Morgan fingerprint density at radius 2 is 2.15 bits per heavy atom. The minimum atomic E-state index is -0.227. The van der Waals surface area contributed by atoms with E-state index in [0.29, 0.717) is 24.8 Å². The summed E-state index contributed by atoms with van der Waals surface area (Å²) < 4.78 is 19.9. The average Bonchev–Trinajstić information content (AvgIpc) is 2.47. The lowest BCUT2D eigenvalue weighted by Crippen LogP contribution is -2.58. The predicted octanol–water partition coefficient (Wildman–Crippen LogP) is 2.79. The monoisotopic (exact) mass is 280 g/mol. The maximum atomic E-state index is 14.0. The summed E-state index contributed by atoms with van der Waals surface area (Å²) >= 11 is 0. The average molecular weight is 280 g/mol. The first-order chi connectivity index (χ1) is 9.50. The molecule has 2 rings (SSSR count). The zero-order valence-electron chi connectivity index (χ0n) is 12.6. The van der Waals surface area contributed by atoms with Crippen LogP contribution in [0.15, 0.2) is 24.3 Å². The third-order valence-corrected chi connectivity index (χ3v) is 4.53.